The van der Waals surface area contributed by atoms with Crippen molar-refractivity contribution in [2.45, 2.75) is 91.4 Å². The first-order chi connectivity index (χ1) is 70.6. The summed E-state index contributed by atoms with van der Waals surface area (Å²) in [4.78, 5) is 106. The molecule has 5 atom stereocenters. The lowest BCUT2D eigenvalue weighted by Gasteiger charge is -2.20. The molecule has 3 N–H and O–H groups in total. The van der Waals surface area contributed by atoms with Crippen LogP contribution in [0.25, 0.3) is 55.8 Å². The van der Waals surface area contributed by atoms with Crippen molar-refractivity contribution in [3.63, 3.8) is 0 Å². The molecule has 0 radical (unpaired) electrons. The van der Waals surface area contributed by atoms with E-state index in [9.17, 15) is 84.0 Å². The van der Waals surface area contributed by atoms with Gasteiger partial charge in [0.2, 0.25) is 0 Å². The number of rotatable bonds is 38. The van der Waals surface area contributed by atoms with Gasteiger partial charge in [-0.15, -0.1) is 0 Å². The lowest BCUT2D eigenvalue weighted by Crippen LogP contribution is -2.33. The Labute approximate surface area is 884 Å². The Balaban J connectivity index is 0.000000178. The molecule has 150 heavy (non-hydrogen) atoms. The Hall–Kier alpha value is -13.4. The molecule has 808 valence electrons. The van der Waals surface area contributed by atoms with E-state index in [1.54, 1.807) is 149 Å². The maximum absolute atomic E-state index is 13.6. The van der Waals surface area contributed by atoms with Crippen LogP contribution in [0.4, 0.5) is 13.2 Å². The van der Waals surface area contributed by atoms with Crippen LogP contribution in [0.5, 0.6) is 57.5 Å². The standard InChI is InChI=1S/C22H26BrN3O7S.C19H22BrN3O5S.C19H20F3N3O5S.C19H23N3O5S.C18H20BrN3O5S/c1-5-32-19-9-14(7-8-18(19)31-3)17(13-34(4,29)30)26-21-16(10-15(23)11-24-21)25(22(26)28)12-20(27)33-6-2;1-5-28-17-8-12(6-7-16(17)27-3)15(11-29(4,25)26)23-18-14(22(2)19(23)24)9-13(20)10-21-18;1-4-30-16-7-11(5-6-15(16)29-2)14(10-31(3,27)28)25-17-13(24-18(25)26)8-12(9-23-17)19(20,21)22;1-5-27-17-9-13(6-7-16(17)26-3)15(11-28(4,24)25)22-18-14(21-19(22)23)8-12(2)10-20-18;1-4-27-16-7-11(5-6-15(16)26-2)14(10-28(3,24)25)22-17-13(21-18(22)23)8-12(19)9-20-17/h7-11,17H,5-6,12-13H2,1-4H3;6-10,15H,5,11H2,1-4H3;5-9,14H,4,10H2,1-3H3,(H,24,26);6-10,15H,5,11H2,1-4H3,(H,21,23);5-9,14H,4,10H2,1-3H3,(H,21,23)/t17-;15-;14-;15-;14-/m00000/s1. The predicted molar refractivity (Wildman–Crippen MR) is 570 cm³/mol. The molecule has 0 fully saturated rings. The minimum atomic E-state index is -4.64. The molecular formula is C97H111Br3F3N15O27S5. The zero-order chi connectivity index (χ0) is 110. The number of halogens is 6. The molecule has 42 nitrogen and oxygen atoms in total. The number of sulfone groups is 5. The average molecular weight is 2380 g/mol. The van der Waals surface area contributed by atoms with E-state index in [2.05, 4.69) is 87.7 Å². The zero-order valence-electron chi connectivity index (χ0n) is 84.5. The van der Waals surface area contributed by atoms with E-state index in [4.69, 9.17) is 52.1 Å². The maximum Gasteiger partial charge on any atom is 0.417 e. The highest BCUT2D eigenvalue weighted by Crippen LogP contribution is 2.41. The highest BCUT2D eigenvalue weighted by molar-refractivity contribution is 9.11. The number of nitrogens with zero attached hydrogens (tertiary/aromatic N) is 12. The number of hydrogen-bond donors (Lipinski definition) is 3. The smallest absolute Gasteiger partial charge is 0.417 e. The van der Waals surface area contributed by atoms with Gasteiger partial charge in [0.25, 0.3) is 0 Å². The van der Waals surface area contributed by atoms with E-state index >= 15 is 0 Å². The third-order valence-corrected chi connectivity index (χ3v) is 28.5. The Kier molecular flexibility index (Phi) is 38.7. The van der Waals surface area contributed by atoms with Crippen LogP contribution in [-0.2, 0) is 78.5 Å². The SMILES string of the molecule is CCOC(=O)Cn1c(=O)n([C@@H](CS(C)(=O)=O)c2ccc(OC)c(OCC)c2)c2ncc(Br)cc21.CCOc1cc([C@H](CS(C)(=O)=O)n2c(=O)[nH]c3cc(Br)cnc32)ccc1OC.CCOc1cc([C@H](CS(C)(=O)=O)n2c(=O)[nH]c3cc(C(F)(F)F)cnc32)ccc1OC.CCOc1cc([C@H](CS(C)(=O)=O)n2c(=O)[nH]c3cc(C)cnc32)ccc1OC.CCOc1cc([C@H](CS(C)(=O)=O)n2c(=O)n(C)c3cc(Br)cnc32)ccc1OC. The maximum atomic E-state index is 13.6. The van der Waals surface area contributed by atoms with Crippen LogP contribution in [0.1, 0.15) is 111 Å². The van der Waals surface area contributed by atoms with Gasteiger partial charge in [0.15, 0.2) is 85.7 Å². The Morgan fingerprint density at radius 1 is 0.353 bits per heavy atom. The predicted octanol–water partition coefficient (Wildman–Crippen LogP) is 12.5. The van der Waals surface area contributed by atoms with Crippen molar-refractivity contribution >= 4 is 159 Å². The van der Waals surface area contributed by atoms with Crippen molar-refractivity contribution in [1.29, 1.82) is 0 Å². The number of hydrogen-bond acceptors (Lipinski definition) is 32. The lowest BCUT2D eigenvalue weighted by atomic mass is 10.1. The normalized spacial score (nSPS) is 12.9. The number of esters is 1. The quantitative estimate of drug-likeness (QED) is 0.0303. The van der Waals surface area contributed by atoms with E-state index in [-0.39, 0.29) is 58.7 Å². The third kappa shape index (κ3) is 29.1. The summed E-state index contributed by atoms with van der Waals surface area (Å²) in [6.07, 6.45) is 7.76. The molecule has 0 bridgehead atoms. The summed E-state index contributed by atoms with van der Waals surface area (Å²) < 4.78 is 232. The second kappa shape index (κ2) is 49.6. The molecule has 0 aliphatic carbocycles. The van der Waals surface area contributed by atoms with Crippen molar-refractivity contribution in [1.82, 2.24) is 71.8 Å². The number of imidazole rings is 5. The molecule has 0 saturated carbocycles. The number of fused-ring (bicyclic) bond motifs is 5. The Morgan fingerprint density at radius 2 is 0.627 bits per heavy atom. The molecule has 53 heteroatoms. The van der Waals surface area contributed by atoms with Crippen LogP contribution >= 0.6 is 47.8 Å². The molecule has 15 rings (SSSR count). The minimum Gasteiger partial charge on any atom is -0.493 e. The van der Waals surface area contributed by atoms with E-state index in [1.807, 2.05) is 34.6 Å². The van der Waals surface area contributed by atoms with Gasteiger partial charge in [-0.25, -0.2) is 91.0 Å². The fourth-order valence-electron chi connectivity index (χ4n) is 16.4. The molecular weight excluding hydrogens is 2260 g/mol. The fraction of sp³-hybridized carbons (Fsp3) is 0.371. The highest BCUT2D eigenvalue weighted by atomic mass is 79.9. The molecule has 0 aliphatic rings. The third-order valence-electron chi connectivity index (χ3n) is 22.6. The lowest BCUT2D eigenvalue weighted by molar-refractivity contribution is -0.143. The molecule has 0 unspecified atom stereocenters. The summed E-state index contributed by atoms with van der Waals surface area (Å²) in [6, 6.07) is 28.4. The van der Waals surface area contributed by atoms with Crippen molar-refractivity contribution in [2.75, 3.05) is 135 Å². The Bertz CT molecular complexity index is 8250. The van der Waals surface area contributed by atoms with Gasteiger partial charge in [-0.2, -0.15) is 13.2 Å². The van der Waals surface area contributed by atoms with Gasteiger partial charge >= 0.3 is 40.6 Å². The number of nitrogens with one attached hydrogen (secondary N) is 3. The minimum absolute atomic E-state index is 0.0968. The van der Waals surface area contributed by atoms with Crippen molar-refractivity contribution in [2.24, 2.45) is 7.05 Å². The summed E-state index contributed by atoms with van der Waals surface area (Å²) >= 11 is 10.0. The van der Waals surface area contributed by atoms with Gasteiger partial charge in [0, 0.05) is 82.7 Å². The van der Waals surface area contributed by atoms with Crippen molar-refractivity contribution in [3.05, 3.63) is 257 Å². The highest BCUT2D eigenvalue weighted by Gasteiger charge is 2.36. The Morgan fingerprint density at radius 3 is 0.933 bits per heavy atom. The fourth-order valence-corrected chi connectivity index (χ4v) is 22.0. The largest absolute Gasteiger partial charge is 0.493 e. The zero-order valence-corrected chi connectivity index (χ0v) is 93.3. The van der Waals surface area contributed by atoms with Crippen molar-refractivity contribution in [3.8, 4) is 57.5 Å². The van der Waals surface area contributed by atoms with Crippen molar-refractivity contribution < 1.29 is 112 Å². The summed E-state index contributed by atoms with van der Waals surface area (Å²) in [5.41, 5.74) is 3.18. The number of H-pyrrole nitrogens is 3. The topological polar surface area (TPSA) is 521 Å². The molecule has 0 saturated heterocycles. The van der Waals surface area contributed by atoms with E-state index in [0.717, 1.165) is 51.9 Å². The number of methoxy groups -OCH3 is 5. The van der Waals surface area contributed by atoms with Crippen LogP contribution in [0.15, 0.2) is 190 Å². The average Bonchev–Trinajstić information content (AvgIpc) is 1.59. The molecule has 0 aliphatic heterocycles. The second-order valence-corrected chi connectivity index (χ2v) is 47.6. The van der Waals surface area contributed by atoms with Crippen LogP contribution in [0.2, 0.25) is 0 Å². The van der Waals surface area contributed by atoms with Gasteiger partial charge in [0.05, 0.1) is 167 Å². The summed E-state index contributed by atoms with van der Waals surface area (Å²) in [7, 11) is -8.24. The molecule has 10 aromatic heterocycles. The van der Waals surface area contributed by atoms with Crippen LogP contribution in [-0.4, -0.2) is 255 Å². The summed E-state index contributed by atoms with van der Waals surface area (Å²) in [5, 5.41) is 0. The molecule has 10 heterocycles. The van der Waals surface area contributed by atoms with Gasteiger partial charge in [-0.1, -0.05) is 30.3 Å². The van der Waals surface area contributed by atoms with Crippen LogP contribution in [0.3, 0.4) is 0 Å². The first kappa shape index (κ1) is 117. The van der Waals surface area contributed by atoms with Gasteiger partial charge < -0.3 is 67.1 Å². The molecule has 15 aromatic rings. The second-order valence-electron chi connectivity index (χ2n) is 33.9. The first-order valence-electron chi connectivity index (χ1n) is 45.7. The first-order valence-corrected chi connectivity index (χ1v) is 58.4. The number of carbonyl (C=O) groups excluding carboxylic acids is 1. The van der Waals surface area contributed by atoms with E-state index < -0.39 is 126 Å². The number of aryl methyl sites for hydroxylation is 2. The molecule has 5 aromatic carbocycles. The summed E-state index contributed by atoms with van der Waals surface area (Å²) in [5.74, 6) is 2.42. The summed E-state index contributed by atoms with van der Waals surface area (Å²) in [6.45, 7) is 14.4. The number of ether oxygens (including phenoxy) is 11. The van der Waals surface area contributed by atoms with Gasteiger partial charge in [-0.05, 0) is 221 Å². The number of aromatic nitrogens is 15. The van der Waals surface area contributed by atoms with E-state index in [1.165, 1.54) is 75.2 Å². The monoisotopic (exact) mass is 2370 g/mol. The van der Waals surface area contributed by atoms with Crippen LogP contribution in [0, 0.1) is 6.92 Å². The molecule has 0 amide bonds. The van der Waals surface area contributed by atoms with Gasteiger partial charge in [0.1, 0.15) is 55.7 Å². The number of benzene rings is 5. The number of alkyl halides is 3. The van der Waals surface area contributed by atoms with Gasteiger partial charge in [-0.3, -0.25) is 36.8 Å². The number of carbonyl (C=O) groups is 1. The number of pyridine rings is 5. The van der Waals surface area contributed by atoms with Crippen LogP contribution < -0.4 is 75.8 Å². The number of aromatic amines is 3. The molecule has 0 spiro atoms. The van der Waals surface area contributed by atoms with E-state index in [0.29, 0.717) is 172 Å².